The Morgan fingerprint density at radius 3 is 2.52 bits per heavy atom. The number of hydrogen-bond acceptors (Lipinski definition) is 3. The fourth-order valence-electron chi connectivity index (χ4n) is 1.89. The highest BCUT2D eigenvalue weighted by atomic mass is 79.9. The van der Waals surface area contributed by atoms with Crippen molar-refractivity contribution in [2.45, 2.75) is 6.54 Å². The SMILES string of the molecule is CNC(=O)c1ccc(NCc2cc(OC)ccc2Br)cc1. The Kier molecular flexibility index (Phi) is 5.22. The number of halogens is 1. The third-order valence-corrected chi connectivity index (χ3v) is 3.88. The van der Waals surface area contributed by atoms with Crippen LogP contribution < -0.4 is 15.4 Å². The Labute approximate surface area is 132 Å². The standard InChI is InChI=1S/C16H17BrN2O2/c1-18-16(20)11-3-5-13(6-4-11)19-10-12-9-14(21-2)7-8-15(12)17/h3-9,19H,10H2,1-2H3,(H,18,20). The minimum Gasteiger partial charge on any atom is -0.497 e. The monoisotopic (exact) mass is 348 g/mol. The van der Waals surface area contributed by atoms with Crippen molar-refractivity contribution < 1.29 is 9.53 Å². The summed E-state index contributed by atoms with van der Waals surface area (Å²) in [4.78, 5) is 11.5. The maximum Gasteiger partial charge on any atom is 0.251 e. The number of hydrogen-bond donors (Lipinski definition) is 2. The molecule has 0 saturated carbocycles. The minimum absolute atomic E-state index is 0.0860. The van der Waals surface area contributed by atoms with Gasteiger partial charge in [0.15, 0.2) is 0 Å². The van der Waals surface area contributed by atoms with Crippen LogP contribution in [-0.4, -0.2) is 20.1 Å². The molecule has 0 unspecified atom stereocenters. The van der Waals surface area contributed by atoms with E-state index >= 15 is 0 Å². The van der Waals surface area contributed by atoms with Gasteiger partial charge in [-0.25, -0.2) is 0 Å². The lowest BCUT2D eigenvalue weighted by molar-refractivity contribution is 0.0963. The Balaban J connectivity index is 2.04. The van der Waals surface area contributed by atoms with Crippen molar-refractivity contribution >= 4 is 27.5 Å². The molecular weight excluding hydrogens is 332 g/mol. The highest BCUT2D eigenvalue weighted by molar-refractivity contribution is 9.10. The van der Waals surface area contributed by atoms with E-state index in [1.807, 2.05) is 30.3 Å². The van der Waals surface area contributed by atoms with E-state index in [9.17, 15) is 4.79 Å². The van der Waals surface area contributed by atoms with Crippen LogP contribution in [-0.2, 0) is 6.54 Å². The number of anilines is 1. The second-order valence-electron chi connectivity index (χ2n) is 4.47. The zero-order chi connectivity index (χ0) is 15.2. The first-order chi connectivity index (χ1) is 10.1. The molecule has 0 aliphatic carbocycles. The number of nitrogens with one attached hydrogen (secondary N) is 2. The summed E-state index contributed by atoms with van der Waals surface area (Å²) in [6.45, 7) is 0.664. The normalized spacial score (nSPS) is 10.0. The molecule has 4 nitrogen and oxygen atoms in total. The fraction of sp³-hybridized carbons (Fsp3) is 0.188. The summed E-state index contributed by atoms with van der Waals surface area (Å²) >= 11 is 3.52. The minimum atomic E-state index is -0.0860. The van der Waals surface area contributed by atoms with Crippen LogP contribution in [0.15, 0.2) is 46.9 Å². The Hall–Kier alpha value is -2.01. The van der Waals surface area contributed by atoms with Crippen LogP contribution >= 0.6 is 15.9 Å². The molecule has 0 radical (unpaired) electrons. The number of methoxy groups -OCH3 is 1. The Morgan fingerprint density at radius 2 is 1.90 bits per heavy atom. The number of ether oxygens (including phenoxy) is 1. The predicted molar refractivity (Wildman–Crippen MR) is 87.9 cm³/mol. The molecule has 2 rings (SSSR count). The molecule has 21 heavy (non-hydrogen) atoms. The molecule has 0 bridgehead atoms. The Morgan fingerprint density at radius 1 is 1.19 bits per heavy atom. The topological polar surface area (TPSA) is 50.4 Å². The fourth-order valence-corrected chi connectivity index (χ4v) is 2.28. The molecule has 2 aromatic carbocycles. The number of amides is 1. The van der Waals surface area contributed by atoms with Gasteiger partial charge in [-0.3, -0.25) is 4.79 Å². The maximum atomic E-state index is 11.5. The summed E-state index contributed by atoms with van der Waals surface area (Å²) in [5, 5.41) is 5.92. The van der Waals surface area contributed by atoms with E-state index in [1.165, 1.54) is 0 Å². The lowest BCUT2D eigenvalue weighted by atomic mass is 10.1. The number of carbonyl (C=O) groups is 1. The van der Waals surface area contributed by atoms with E-state index in [0.717, 1.165) is 21.5 Å². The summed E-state index contributed by atoms with van der Waals surface area (Å²) in [5.74, 6) is 0.738. The van der Waals surface area contributed by atoms with Crippen molar-refractivity contribution in [1.29, 1.82) is 0 Å². The molecule has 0 atom stereocenters. The average Bonchev–Trinajstić information content (AvgIpc) is 2.54. The molecule has 0 spiro atoms. The molecule has 0 aliphatic rings. The third kappa shape index (κ3) is 3.98. The molecule has 1 amide bonds. The van der Waals surface area contributed by atoms with E-state index in [2.05, 4.69) is 26.6 Å². The largest absolute Gasteiger partial charge is 0.497 e. The first-order valence-corrected chi connectivity index (χ1v) is 7.31. The van der Waals surface area contributed by atoms with E-state index in [1.54, 1.807) is 26.3 Å². The summed E-state index contributed by atoms with van der Waals surface area (Å²) in [5.41, 5.74) is 2.70. The second kappa shape index (κ2) is 7.13. The van der Waals surface area contributed by atoms with Gasteiger partial charge in [-0.05, 0) is 48.0 Å². The van der Waals surface area contributed by atoms with Crippen molar-refractivity contribution in [3.8, 4) is 5.75 Å². The van der Waals surface area contributed by atoms with Crippen molar-refractivity contribution in [2.24, 2.45) is 0 Å². The van der Waals surface area contributed by atoms with Crippen LogP contribution in [0.25, 0.3) is 0 Å². The van der Waals surface area contributed by atoms with Crippen LogP contribution in [0.4, 0.5) is 5.69 Å². The van der Waals surface area contributed by atoms with E-state index in [4.69, 9.17) is 4.74 Å². The van der Waals surface area contributed by atoms with E-state index in [0.29, 0.717) is 12.1 Å². The Bertz CT molecular complexity index is 627. The van der Waals surface area contributed by atoms with E-state index in [-0.39, 0.29) is 5.91 Å². The van der Waals surface area contributed by atoms with Crippen LogP contribution in [0.2, 0.25) is 0 Å². The summed E-state index contributed by atoms with van der Waals surface area (Å²) in [6.07, 6.45) is 0. The van der Waals surface area contributed by atoms with Gasteiger partial charge in [0.05, 0.1) is 7.11 Å². The van der Waals surface area contributed by atoms with E-state index < -0.39 is 0 Å². The summed E-state index contributed by atoms with van der Waals surface area (Å²) in [6, 6.07) is 13.2. The lowest BCUT2D eigenvalue weighted by Gasteiger charge is -2.10. The third-order valence-electron chi connectivity index (χ3n) is 3.11. The molecule has 0 saturated heterocycles. The molecule has 5 heteroatoms. The molecule has 2 N–H and O–H groups in total. The molecule has 2 aromatic rings. The first-order valence-electron chi connectivity index (χ1n) is 6.52. The molecule has 110 valence electrons. The van der Waals surface area contributed by atoms with Gasteiger partial charge in [0.1, 0.15) is 5.75 Å². The second-order valence-corrected chi connectivity index (χ2v) is 5.32. The quantitative estimate of drug-likeness (QED) is 0.870. The number of rotatable bonds is 5. The smallest absolute Gasteiger partial charge is 0.251 e. The van der Waals surface area contributed by atoms with Gasteiger partial charge in [-0.1, -0.05) is 15.9 Å². The maximum absolute atomic E-state index is 11.5. The average molecular weight is 349 g/mol. The van der Waals surface area contributed by atoms with Gasteiger partial charge in [0, 0.05) is 29.3 Å². The lowest BCUT2D eigenvalue weighted by Crippen LogP contribution is -2.17. The molecule has 0 heterocycles. The van der Waals surface area contributed by atoms with Gasteiger partial charge in [-0.2, -0.15) is 0 Å². The van der Waals surface area contributed by atoms with Gasteiger partial charge in [0.25, 0.3) is 5.91 Å². The highest BCUT2D eigenvalue weighted by Crippen LogP contribution is 2.23. The molecule has 0 aromatic heterocycles. The van der Waals surface area contributed by atoms with Gasteiger partial charge < -0.3 is 15.4 Å². The highest BCUT2D eigenvalue weighted by Gasteiger charge is 2.04. The van der Waals surface area contributed by atoms with Gasteiger partial charge >= 0.3 is 0 Å². The number of benzene rings is 2. The molecule has 0 fully saturated rings. The van der Waals surface area contributed by atoms with Crippen molar-refractivity contribution in [3.63, 3.8) is 0 Å². The first kappa shape index (κ1) is 15.4. The van der Waals surface area contributed by atoms with Crippen LogP contribution in [0.1, 0.15) is 15.9 Å². The zero-order valence-electron chi connectivity index (χ0n) is 11.9. The van der Waals surface area contributed by atoms with Gasteiger partial charge in [-0.15, -0.1) is 0 Å². The number of carbonyl (C=O) groups excluding carboxylic acids is 1. The molecule has 0 aliphatic heterocycles. The predicted octanol–water partition coefficient (Wildman–Crippen LogP) is 3.43. The van der Waals surface area contributed by atoms with Crippen LogP contribution in [0, 0.1) is 0 Å². The van der Waals surface area contributed by atoms with Crippen LogP contribution in [0.5, 0.6) is 5.75 Å². The van der Waals surface area contributed by atoms with Crippen molar-refractivity contribution in [3.05, 3.63) is 58.1 Å². The van der Waals surface area contributed by atoms with Crippen LogP contribution in [0.3, 0.4) is 0 Å². The summed E-state index contributed by atoms with van der Waals surface area (Å²) < 4.78 is 6.25. The van der Waals surface area contributed by atoms with Crippen molar-refractivity contribution in [1.82, 2.24) is 5.32 Å². The van der Waals surface area contributed by atoms with Gasteiger partial charge in [0.2, 0.25) is 0 Å². The summed E-state index contributed by atoms with van der Waals surface area (Å²) in [7, 11) is 3.27. The van der Waals surface area contributed by atoms with Crippen molar-refractivity contribution in [2.75, 3.05) is 19.5 Å². The zero-order valence-corrected chi connectivity index (χ0v) is 13.5. The molecular formula is C16H17BrN2O2.